The number of piperidine rings is 1. The number of benzene rings is 2. The van der Waals surface area contributed by atoms with E-state index in [1.54, 1.807) is 0 Å². The molecular weight excluding hydrogens is 438 g/mol. The highest BCUT2D eigenvalue weighted by molar-refractivity contribution is 5.94. The molecular formula is C29H35N3O3. The molecule has 2 aliphatic heterocycles. The lowest BCUT2D eigenvalue weighted by Gasteiger charge is -2.66. The molecule has 4 fully saturated rings. The van der Waals surface area contributed by atoms with E-state index in [4.69, 9.17) is 5.73 Å². The standard InChI is InChI=1S/C29H35N3O3/c30-15-22(34)17-31-11-10-29-23-13-21(33)7-6-19(23)12-25(31)28(29)9-8-24-26(29)20(14-28)16-32(24)27(35)18-4-2-1-3-5-18/h1-7,13,20,22,24-26,33-34H,8-12,14-17,30H2/t20-,22?,24?,25?,26?,28?,29?/m1/s1. The van der Waals surface area contributed by atoms with Crippen LogP contribution in [0, 0.1) is 17.3 Å². The Morgan fingerprint density at radius 1 is 1.17 bits per heavy atom. The maximum absolute atomic E-state index is 13.6. The van der Waals surface area contributed by atoms with Crippen molar-refractivity contribution in [2.24, 2.45) is 23.0 Å². The highest BCUT2D eigenvalue weighted by Crippen LogP contribution is 2.75. The Hall–Kier alpha value is -2.41. The van der Waals surface area contributed by atoms with E-state index in [1.165, 1.54) is 11.1 Å². The van der Waals surface area contributed by atoms with E-state index in [-0.39, 0.29) is 29.3 Å². The smallest absolute Gasteiger partial charge is 0.254 e. The first kappa shape index (κ1) is 21.8. The van der Waals surface area contributed by atoms with Gasteiger partial charge in [-0.15, -0.1) is 0 Å². The van der Waals surface area contributed by atoms with Gasteiger partial charge in [0.15, 0.2) is 0 Å². The number of β-amino-alcohol motifs (C(OH)–C–C–N with tert-alkyl or cyclic N) is 1. The van der Waals surface area contributed by atoms with Crippen LogP contribution in [0.25, 0.3) is 0 Å². The number of aromatic hydroxyl groups is 1. The predicted molar refractivity (Wildman–Crippen MR) is 133 cm³/mol. The van der Waals surface area contributed by atoms with Gasteiger partial charge in [0.1, 0.15) is 5.75 Å². The first-order valence-corrected chi connectivity index (χ1v) is 13.3. The Labute approximate surface area is 206 Å². The molecule has 3 aliphatic carbocycles. The first-order chi connectivity index (χ1) is 17.0. The molecule has 35 heavy (non-hydrogen) atoms. The number of hydrogen-bond acceptors (Lipinski definition) is 5. The number of carbonyl (C=O) groups is 1. The normalized spacial score (nSPS) is 37.6. The van der Waals surface area contributed by atoms with Crippen LogP contribution in [0.1, 0.15) is 47.2 Å². The van der Waals surface area contributed by atoms with E-state index in [1.807, 2.05) is 36.4 Å². The fourth-order valence-corrected chi connectivity index (χ4v) is 9.64. The maximum atomic E-state index is 13.6. The van der Waals surface area contributed by atoms with Gasteiger partial charge in [-0.25, -0.2) is 0 Å². The van der Waals surface area contributed by atoms with Crippen LogP contribution in [0.4, 0.5) is 0 Å². The molecule has 4 bridgehead atoms. The lowest BCUT2D eigenvalue weighted by Crippen LogP contribution is -2.70. The summed E-state index contributed by atoms with van der Waals surface area (Å²) in [6.45, 7) is 2.68. The number of rotatable bonds is 4. The molecule has 4 N–H and O–H groups in total. The molecule has 2 heterocycles. The molecule has 2 aromatic rings. The zero-order valence-electron chi connectivity index (χ0n) is 20.1. The molecule has 6 unspecified atom stereocenters. The highest BCUT2D eigenvalue weighted by atomic mass is 16.3. The summed E-state index contributed by atoms with van der Waals surface area (Å²) in [6.07, 6.45) is 4.74. The van der Waals surface area contributed by atoms with Gasteiger partial charge in [-0.3, -0.25) is 9.69 Å². The summed E-state index contributed by atoms with van der Waals surface area (Å²) >= 11 is 0. The molecule has 2 saturated carbocycles. The number of fused-ring (bicyclic) bond motifs is 1. The molecule has 5 aliphatic rings. The second-order valence-electron chi connectivity index (χ2n) is 11.7. The van der Waals surface area contributed by atoms with Crippen LogP contribution in [-0.2, 0) is 11.8 Å². The van der Waals surface area contributed by atoms with Crippen LogP contribution in [0.3, 0.4) is 0 Å². The van der Waals surface area contributed by atoms with Gasteiger partial charge >= 0.3 is 0 Å². The summed E-state index contributed by atoms with van der Waals surface area (Å²) in [7, 11) is 0. The van der Waals surface area contributed by atoms with Crippen molar-refractivity contribution in [3.63, 3.8) is 0 Å². The number of phenols is 1. The third-order valence-corrected chi connectivity index (χ3v) is 10.6. The Balaban J connectivity index is 1.34. The third-order valence-electron chi connectivity index (χ3n) is 10.6. The molecule has 6 nitrogen and oxygen atoms in total. The van der Waals surface area contributed by atoms with Gasteiger partial charge in [-0.2, -0.15) is 0 Å². The lowest BCUT2D eigenvalue weighted by atomic mass is 9.43. The van der Waals surface area contributed by atoms with E-state index in [0.29, 0.717) is 30.2 Å². The monoisotopic (exact) mass is 473 g/mol. The summed E-state index contributed by atoms with van der Waals surface area (Å²) < 4.78 is 0. The van der Waals surface area contributed by atoms with Crippen molar-refractivity contribution in [3.8, 4) is 5.75 Å². The Morgan fingerprint density at radius 3 is 2.80 bits per heavy atom. The van der Waals surface area contributed by atoms with Gasteiger partial charge in [0, 0.05) is 42.7 Å². The molecule has 0 spiro atoms. The van der Waals surface area contributed by atoms with Crippen LogP contribution in [-0.4, -0.2) is 70.3 Å². The highest BCUT2D eigenvalue weighted by Gasteiger charge is 2.76. The molecule has 0 radical (unpaired) electrons. The number of aliphatic hydroxyl groups is 1. The molecule has 7 atom stereocenters. The number of amides is 1. The maximum Gasteiger partial charge on any atom is 0.254 e. The number of hydrogen-bond donors (Lipinski definition) is 3. The minimum Gasteiger partial charge on any atom is -0.508 e. The molecule has 7 rings (SSSR count). The summed E-state index contributed by atoms with van der Waals surface area (Å²) in [5, 5.41) is 21.0. The van der Waals surface area contributed by atoms with Crippen molar-refractivity contribution in [1.29, 1.82) is 0 Å². The second kappa shape index (κ2) is 7.55. The van der Waals surface area contributed by atoms with E-state index in [0.717, 1.165) is 50.8 Å². The fraction of sp³-hybridized carbons (Fsp3) is 0.552. The third kappa shape index (κ3) is 2.73. The van der Waals surface area contributed by atoms with Crippen molar-refractivity contribution in [1.82, 2.24) is 9.80 Å². The number of aliphatic hydroxyl groups excluding tert-OH is 1. The van der Waals surface area contributed by atoms with Gasteiger partial charge in [-0.1, -0.05) is 24.3 Å². The number of nitrogens with zero attached hydrogens (tertiary/aromatic N) is 2. The average molecular weight is 474 g/mol. The van der Waals surface area contributed by atoms with Crippen molar-refractivity contribution in [2.75, 3.05) is 26.2 Å². The molecule has 2 aromatic carbocycles. The Bertz CT molecular complexity index is 1170. The zero-order valence-corrected chi connectivity index (χ0v) is 20.1. The number of carbonyl (C=O) groups excluding carboxylic acids is 1. The van der Waals surface area contributed by atoms with E-state index >= 15 is 0 Å². The minimum atomic E-state index is -0.503. The Morgan fingerprint density at radius 2 is 2.00 bits per heavy atom. The predicted octanol–water partition coefficient (Wildman–Crippen LogP) is 2.52. The van der Waals surface area contributed by atoms with Crippen molar-refractivity contribution in [3.05, 3.63) is 65.2 Å². The lowest BCUT2D eigenvalue weighted by molar-refractivity contribution is -0.108. The SMILES string of the molecule is NCC(O)CN1CCC23c4cc(O)ccc4CC1C21CCC2C3[C@@H](CN2C(=O)c2ccccc2)C1. The van der Waals surface area contributed by atoms with Crippen molar-refractivity contribution in [2.45, 2.75) is 55.7 Å². The topological polar surface area (TPSA) is 90.0 Å². The van der Waals surface area contributed by atoms with Crippen LogP contribution in [0.5, 0.6) is 5.75 Å². The van der Waals surface area contributed by atoms with Gasteiger partial charge in [0.05, 0.1) is 6.10 Å². The quantitative estimate of drug-likeness (QED) is 0.635. The first-order valence-electron chi connectivity index (χ1n) is 13.3. The van der Waals surface area contributed by atoms with Crippen LogP contribution < -0.4 is 5.73 Å². The summed E-state index contributed by atoms with van der Waals surface area (Å²) in [6, 6.07) is 16.4. The average Bonchev–Trinajstić information content (AvgIpc) is 3.32. The molecule has 6 heteroatoms. The van der Waals surface area contributed by atoms with Gasteiger partial charge < -0.3 is 20.8 Å². The summed E-state index contributed by atoms with van der Waals surface area (Å²) in [5.41, 5.74) is 9.39. The van der Waals surface area contributed by atoms with Crippen LogP contribution in [0.15, 0.2) is 48.5 Å². The number of likely N-dealkylation sites (tertiary alicyclic amines) is 2. The van der Waals surface area contributed by atoms with E-state index < -0.39 is 6.10 Å². The van der Waals surface area contributed by atoms with E-state index in [2.05, 4.69) is 21.9 Å². The van der Waals surface area contributed by atoms with Gasteiger partial charge in [0.2, 0.25) is 0 Å². The van der Waals surface area contributed by atoms with E-state index in [9.17, 15) is 15.0 Å². The Kier molecular flexibility index (Phi) is 4.71. The van der Waals surface area contributed by atoms with Crippen molar-refractivity contribution < 1.29 is 15.0 Å². The van der Waals surface area contributed by atoms with Crippen molar-refractivity contribution >= 4 is 5.91 Å². The largest absolute Gasteiger partial charge is 0.508 e. The molecule has 1 amide bonds. The summed E-state index contributed by atoms with van der Waals surface area (Å²) in [5.74, 6) is 1.42. The molecule has 184 valence electrons. The summed E-state index contributed by atoms with van der Waals surface area (Å²) in [4.78, 5) is 18.4. The zero-order chi connectivity index (χ0) is 23.9. The van der Waals surface area contributed by atoms with Gasteiger partial charge in [0.25, 0.3) is 5.91 Å². The number of nitrogens with two attached hydrogens (primary N) is 1. The minimum absolute atomic E-state index is 0.0204. The van der Waals surface area contributed by atoms with Crippen LogP contribution in [0.2, 0.25) is 0 Å². The van der Waals surface area contributed by atoms with Gasteiger partial charge in [-0.05, 0) is 91.3 Å². The fourth-order valence-electron chi connectivity index (χ4n) is 9.64. The molecule has 2 saturated heterocycles. The van der Waals surface area contributed by atoms with Crippen LogP contribution >= 0.6 is 0 Å². The second-order valence-corrected chi connectivity index (χ2v) is 11.7. The molecule has 0 aromatic heterocycles. The number of phenolic OH excluding ortho intramolecular Hbond substituents is 1.